The first-order valence-corrected chi connectivity index (χ1v) is 9.44. The summed E-state index contributed by atoms with van der Waals surface area (Å²) in [5, 5.41) is 23.5. The van der Waals surface area contributed by atoms with Crippen LogP contribution in [0.1, 0.15) is 79.6 Å². The van der Waals surface area contributed by atoms with Crippen LogP contribution in [0.5, 0.6) is 0 Å². The summed E-state index contributed by atoms with van der Waals surface area (Å²) in [6.45, 7) is 9.31. The zero-order valence-electron chi connectivity index (χ0n) is 16.0. The zero-order chi connectivity index (χ0) is 18.3. The van der Waals surface area contributed by atoms with Crippen LogP contribution < -0.4 is 5.32 Å². The smallest absolute Gasteiger partial charge is 0.407 e. The van der Waals surface area contributed by atoms with Crippen LogP contribution in [0.4, 0.5) is 4.79 Å². The Hall–Kier alpha value is -0.810. The lowest BCUT2D eigenvalue weighted by molar-refractivity contribution is 0.0165. The molecule has 5 heteroatoms. The molecule has 3 atom stereocenters. The third-order valence-corrected chi connectivity index (χ3v) is 4.73. The zero-order valence-corrected chi connectivity index (χ0v) is 16.0. The van der Waals surface area contributed by atoms with Crippen molar-refractivity contribution >= 4 is 6.09 Å². The van der Waals surface area contributed by atoms with Crippen molar-refractivity contribution in [3.8, 4) is 0 Å². The number of hydrogen-bond donors (Lipinski definition) is 3. The first kappa shape index (κ1) is 21.2. The van der Waals surface area contributed by atoms with Crippen LogP contribution in [0.3, 0.4) is 0 Å². The molecule has 0 bridgehead atoms. The molecule has 0 aromatic heterocycles. The normalized spacial score (nSPS) is 20.5. The molecule has 0 aliphatic heterocycles. The van der Waals surface area contributed by atoms with Crippen LogP contribution >= 0.6 is 0 Å². The number of amides is 1. The summed E-state index contributed by atoms with van der Waals surface area (Å²) in [5.74, 6) is 0.598. The summed E-state index contributed by atoms with van der Waals surface area (Å²) in [6, 6.07) is -0.378. The number of nitrogens with one attached hydrogen (secondary N) is 1. The van der Waals surface area contributed by atoms with E-state index in [4.69, 9.17) is 4.74 Å². The van der Waals surface area contributed by atoms with Crippen molar-refractivity contribution in [2.24, 2.45) is 11.8 Å². The summed E-state index contributed by atoms with van der Waals surface area (Å²) in [5.41, 5.74) is -0.568. The van der Waals surface area contributed by atoms with Gasteiger partial charge in [0.15, 0.2) is 0 Å². The van der Waals surface area contributed by atoms with E-state index >= 15 is 0 Å². The Labute approximate surface area is 147 Å². The molecule has 1 amide bonds. The monoisotopic (exact) mass is 343 g/mol. The van der Waals surface area contributed by atoms with Gasteiger partial charge >= 0.3 is 6.09 Å². The van der Waals surface area contributed by atoms with E-state index in [1.807, 2.05) is 34.6 Å². The van der Waals surface area contributed by atoms with E-state index in [2.05, 4.69) is 5.32 Å². The van der Waals surface area contributed by atoms with E-state index in [0.29, 0.717) is 5.92 Å². The van der Waals surface area contributed by atoms with Gasteiger partial charge in [-0.25, -0.2) is 4.79 Å². The summed E-state index contributed by atoms with van der Waals surface area (Å²) >= 11 is 0. The number of aliphatic hydroxyl groups excluding tert-OH is 2. The molecule has 0 heterocycles. The van der Waals surface area contributed by atoms with Gasteiger partial charge < -0.3 is 20.3 Å². The minimum absolute atomic E-state index is 0.0801. The maximum Gasteiger partial charge on any atom is 0.407 e. The van der Waals surface area contributed by atoms with Gasteiger partial charge in [-0.05, 0) is 39.0 Å². The highest BCUT2D eigenvalue weighted by Gasteiger charge is 2.29. The standard InChI is InChI=1S/C19H37NO4/c1-13(2)16(21)12-17(22)15(11-14-9-7-6-8-10-14)20-18(23)24-19(3,4)5/h13-17,21-22H,6-12H2,1-5H3,(H,20,23)/t15-,16+,17-/m0/s1. The topological polar surface area (TPSA) is 78.8 Å². The third kappa shape index (κ3) is 8.34. The highest BCUT2D eigenvalue weighted by molar-refractivity contribution is 5.68. The van der Waals surface area contributed by atoms with E-state index in [1.165, 1.54) is 19.3 Å². The number of carbonyl (C=O) groups excluding carboxylic acids is 1. The predicted molar refractivity (Wildman–Crippen MR) is 95.8 cm³/mol. The molecule has 3 N–H and O–H groups in total. The molecule has 142 valence electrons. The Kier molecular flexibility index (Phi) is 8.51. The fraction of sp³-hybridized carbons (Fsp3) is 0.947. The maximum atomic E-state index is 12.1. The average molecular weight is 344 g/mol. The van der Waals surface area contributed by atoms with E-state index in [9.17, 15) is 15.0 Å². The Bertz CT molecular complexity index is 372. The lowest BCUT2D eigenvalue weighted by Gasteiger charge is -2.32. The molecule has 0 saturated heterocycles. The SMILES string of the molecule is CC(C)[C@H](O)C[C@H](O)[C@H](CC1CCCCC1)NC(=O)OC(C)(C)C. The first-order chi connectivity index (χ1) is 11.1. The van der Waals surface area contributed by atoms with Gasteiger partial charge in [0.2, 0.25) is 0 Å². The predicted octanol–water partition coefficient (Wildman–Crippen LogP) is 3.62. The van der Waals surface area contributed by atoms with Crippen molar-refractivity contribution in [2.45, 2.75) is 103 Å². The quantitative estimate of drug-likeness (QED) is 0.660. The fourth-order valence-electron chi connectivity index (χ4n) is 3.24. The lowest BCUT2D eigenvalue weighted by atomic mass is 9.82. The Morgan fingerprint density at radius 2 is 1.71 bits per heavy atom. The Morgan fingerprint density at radius 3 is 2.21 bits per heavy atom. The number of aliphatic hydroxyl groups is 2. The molecule has 1 rings (SSSR count). The number of carbonyl (C=O) groups is 1. The summed E-state index contributed by atoms with van der Waals surface area (Å²) in [4.78, 5) is 12.1. The van der Waals surface area contributed by atoms with Gasteiger partial charge in [0, 0.05) is 6.42 Å². The molecule has 24 heavy (non-hydrogen) atoms. The van der Waals surface area contributed by atoms with Crippen LogP contribution in [0.15, 0.2) is 0 Å². The van der Waals surface area contributed by atoms with E-state index in [0.717, 1.165) is 19.3 Å². The minimum Gasteiger partial charge on any atom is -0.444 e. The van der Waals surface area contributed by atoms with Gasteiger partial charge in [-0.1, -0.05) is 46.0 Å². The van der Waals surface area contributed by atoms with Gasteiger partial charge in [-0.2, -0.15) is 0 Å². The molecular weight excluding hydrogens is 306 g/mol. The first-order valence-electron chi connectivity index (χ1n) is 9.44. The molecule has 0 unspecified atom stereocenters. The van der Waals surface area contributed by atoms with Gasteiger partial charge in [-0.3, -0.25) is 0 Å². The molecule has 1 fully saturated rings. The van der Waals surface area contributed by atoms with Crippen molar-refractivity contribution < 1.29 is 19.7 Å². The van der Waals surface area contributed by atoms with Gasteiger partial charge in [0.1, 0.15) is 5.60 Å². The summed E-state index contributed by atoms with van der Waals surface area (Å²) in [7, 11) is 0. The van der Waals surface area contributed by atoms with Gasteiger partial charge in [0.25, 0.3) is 0 Å². The fourth-order valence-corrected chi connectivity index (χ4v) is 3.24. The van der Waals surface area contributed by atoms with Crippen molar-refractivity contribution in [3.63, 3.8) is 0 Å². The van der Waals surface area contributed by atoms with Crippen molar-refractivity contribution in [1.82, 2.24) is 5.32 Å². The van der Waals surface area contributed by atoms with Crippen molar-refractivity contribution in [3.05, 3.63) is 0 Å². The van der Waals surface area contributed by atoms with Crippen LogP contribution in [0, 0.1) is 11.8 Å². The average Bonchev–Trinajstić information content (AvgIpc) is 2.45. The van der Waals surface area contributed by atoms with Crippen molar-refractivity contribution in [2.75, 3.05) is 0 Å². The number of alkyl carbamates (subject to hydrolysis) is 1. The largest absolute Gasteiger partial charge is 0.444 e. The molecular formula is C19H37NO4. The number of ether oxygens (including phenoxy) is 1. The summed E-state index contributed by atoms with van der Waals surface area (Å²) < 4.78 is 5.34. The third-order valence-electron chi connectivity index (χ3n) is 4.73. The molecule has 0 aromatic carbocycles. The molecule has 1 saturated carbocycles. The number of hydrogen-bond acceptors (Lipinski definition) is 4. The Morgan fingerprint density at radius 1 is 1.12 bits per heavy atom. The van der Waals surface area contributed by atoms with Crippen LogP contribution in [-0.2, 0) is 4.74 Å². The molecule has 1 aliphatic carbocycles. The van der Waals surface area contributed by atoms with Crippen LogP contribution in [-0.4, -0.2) is 40.2 Å². The van der Waals surface area contributed by atoms with Crippen molar-refractivity contribution in [1.29, 1.82) is 0 Å². The van der Waals surface area contributed by atoms with Gasteiger partial charge in [0.05, 0.1) is 18.2 Å². The van der Waals surface area contributed by atoms with E-state index in [1.54, 1.807) is 0 Å². The van der Waals surface area contributed by atoms with E-state index < -0.39 is 23.9 Å². The lowest BCUT2D eigenvalue weighted by Crippen LogP contribution is -2.47. The number of rotatable bonds is 7. The second-order valence-corrected chi connectivity index (χ2v) is 8.61. The molecule has 0 aromatic rings. The molecule has 5 nitrogen and oxygen atoms in total. The highest BCUT2D eigenvalue weighted by Crippen LogP contribution is 2.29. The molecule has 0 spiro atoms. The highest BCUT2D eigenvalue weighted by atomic mass is 16.6. The maximum absolute atomic E-state index is 12.1. The second kappa shape index (κ2) is 9.62. The van der Waals surface area contributed by atoms with Crippen LogP contribution in [0.2, 0.25) is 0 Å². The Balaban J connectivity index is 2.68. The van der Waals surface area contributed by atoms with Crippen LogP contribution in [0.25, 0.3) is 0 Å². The van der Waals surface area contributed by atoms with Gasteiger partial charge in [-0.15, -0.1) is 0 Å². The second-order valence-electron chi connectivity index (χ2n) is 8.61. The minimum atomic E-state index is -0.767. The summed E-state index contributed by atoms with van der Waals surface area (Å²) in [6.07, 6.45) is 5.17. The van der Waals surface area contributed by atoms with E-state index in [-0.39, 0.29) is 18.4 Å². The molecule has 0 radical (unpaired) electrons. The molecule has 1 aliphatic rings.